The lowest BCUT2D eigenvalue weighted by atomic mass is 10.2. The normalized spacial score (nSPS) is 11.5. The minimum atomic E-state index is -4.73. The summed E-state index contributed by atoms with van der Waals surface area (Å²) in [6, 6.07) is 7.14. The lowest BCUT2D eigenvalue weighted by Gasteiger charge is -2.10. The molecule has 21 heavy (non-hydrogen) atoms. The van der Waals surface area contributed by atoms with E-state index < -0.39 is 6.36 Å². The first kappa shape index (κ1) is 15.6. The van der Waals surface area contributed by atoms with Gasteiger partial charge in [0, 0.05) is 11.3 Å². The Bertz CT molecular complexity index is 632. The fraction of sp³-hybridized carbons (Fsp3) is 0.286. The van der Waals surface area contributed by atoms with Crippen LogP contribution in [0.5, 0.6) is 5.75 Å². The van der Waals surface area contributed by atoms with Gasteiger partial charge in [0.05, 0.1) is 0 Å². The molecule has 2 rings (SSSR count). The highest BCUT2D eigenvalue weighted by Crippen LogP contribution is 2.27. The summed E-state index contributed by atoms with van der Waals surface area (Å²) in [5.74, 6) is -0.0424. The zero-order valence-corrected chi connectivity index (χ0v) is 11.9. The van der Waals surface area contributed by atoms with Gasteiger partial charge in [-0.05, 0) is 24.6 Å². The highest BCUT2D eigenvalue weighted by atomic mass is 35.5. The second-order valence-electron chi connectivity index (χ2n) is 4.33. The molecular formula is C14H12ClF3N2O. The van der Waals surface area contributed by atoms with E-state index in [0.717, 1.165) is 12.1 Å². The van der Waals surface area contributed by atoms with Gasteiger partial charge in [-0.25, -0.2) is 9.97 Å². The summed E-state index contributed by atoms with van der Waals surface area (Å²) in [7, 11) is 0. The number of halogens is 4. The Labute approximate surface area is 124 Å². The van der Waals surface area contributed by atoms with Gasteiger partial charge in [-0.1, -0.05) is 37.1 Å². The predicted octanol–water partition coefficient (Wildman–Crippen LogP) is 4.65. The van der Waals surface area contributed by atoms with E-state index in [0.29, 0.717) is 12.0 Å². The van der Waals surface area contributed by atoms with Crippen molar-refractivity contribution in [1.29, 1.82) is 0 Å². The third kappa shape index (κ3) is 4.60. The van der Waals surface area contributed by atoms with Crippen LogP contribution in [0.2, 0.25) is 5.15 Å². The quantitative estimate of drug-likeness (QED) is 0.770. The van der Waals surface area contributed by atoms with Crippen molar-refractivity contribution in [2.45, 2.75) is 26.1 Å². The van der Waals surface area contributed by atoms with Gasteiger partial charge in [0.1, 0.15) is 10.9 Å². The summed E-state index contributed by atoms with van der Waals surface area (Å²) in [6.45, 7) is 1.99. The molecule has 0 aliphatic heterocycles. The van der Waals surface area contributed by atoms with E-state index in [2.05, 4.69) is 14.7 Å². The number of benzene rings is 1. The van der Waals surface area contributed by atoms with Gasteiger partial charge >= 0.3 is 6.36 Å². The van der Waals surface area contributed by atoms with Crippen LogP contribution in [0.25, 0.3) is 11.4 Å². The third-order valence-corrected chi connectivity index (χ3v) is 2.77. The van der Waals surface area contributed by atoms with Crippen LogP contribution in [0.4, 0.5) is 13.2 Å². The second-order valence-corrected chi connectivity index (χ2v) is 4.72. The fourth-order valence-corrected chi connectivity index (χ4v) is 2.02. The van der Waals surface area contributed by atoms with Crippen LogP contribution >= 0.6 is 11.6 Å². The Balaban J connectivity index is 2.35. The summed E-state index contributed by atoms with van der Waals surface area (Å²) in [4.78, 5) is 8.34. The van der Waals surface area contributed by atoms with E-state index in [1.54, 1.807) is 12.1 Å². The molecule has 0 aliphatic rings. The maximum Gasteiger partial charge on any atom is 0.573 e. The first-order valence-electron chi connectivity index (χ1n) is 6.27. The van der Waals surface area contributed by atoms with Gasteiger partial charge in [-0.15, -0.1) is 13.2 Å². The maximum absolute atomic E-state index is 12.2. The van der Waals surface area contributed by atoms with Crippen molar-refractivity contribution < 1.29 is 17.9 Å². The van der Waals surface area contributed by atoms with Crippen LogP contribution < -0.4 is 4.74 Å². The van der Waals surface area contributed by atoms with Crippen molar-refractivity contribution in [2.24, 2.45) is 0 Å². The Hall–Kier alpha value is -1.82. The van der Waals surface area contributed by atoms with Crippen LogP contribution in [-0.2, 0) is 6.42 Å². The molecule has 0 radical (unpaired) electrons. The van der Waals surface area contributed by atoms with E-state index in [-0.39, 0.29) is 16.7 Å². The Morgan fingerprint density at radius 3 is 2.62 bits per heavy atom. The minimum Gasteiger partial charge on any atom is -0.406 e. The van der Waals surface area contributed by atoms with Crippen LogP contribution in [0, 0.1) is 0 Å². The number of rotatable bonds is 4. The zero-order valence-electron chi connectivity index (χ0n) is 11.1. The third-order valence-electron chi connectivity index (χ3n) is 2.58. The van der Waals surface area contributed by atoms with Crippen molar-refractivity contribution in [1.82, 2.24) is 9.97 Å². The number of ether oxygens (including phenoxy) is 1. The molecule has 0 unspecified atom stereocenters. The lowest BCUT2D eigenvalue weighted by molar-refractivity contribution is -0.274. The monoisotopic (exact) mass is 316 g/mol. The first-order valence-corrected chi connectivity index (χ1v) is 6.65. The number of hydrogen-bond donors (Lipinski definition) is 0. The molecule has 0 saturated carbocycles. The molecule has 3 nitrogen and oxygen atoms in total. The average molecular weight is 317 g/mol. The highest BCUT2D eigenvalue weighted by molar-refractivity contribution is 6.29. The van der Waals surface area contributed by atoms with E-state index in [4.69, 9.17) is 11.6 Å². The van der Waals surface area contributed by atoms with Crippen molar-refractivity contribution in [3.63, 3.8) is 0 Å². The Morgan fingerprint density at radius 2 is 1.95 bits per heavy atom. The van der Waals surface area contributed by atoms with E-state index in [1.807, 2.05) is 6.92 Å². The molecule has 0 aliphatic carbocycles. The largest absolute Gasteiger partial charge is 0.573 e. The number of nitrogens with zero attached hydrogens (tertiary/aromatic N) is 2. The summed E-state index contributed by atoms with van der Waals surface area (Å²) < 4.78 is 40.6. The van der Waals surface area contributed by atoms with E-state index >= 15 is 0 Å². The van der Waals surface area contributed by atoms with Gasteiger partial charge in [-0.3, -0.25) is 0 Å². The van der Waals surface area contributed by atoms with Gasteiger partial charge < -0.3 is 4.74 Å². The lowest BCUT2D eigenvalue weighted by Crippen LogP contribution is -2.17. The Morgan fingerprint density at radius 1 is 1.19 bits per heavy atom. The highest BCUT2D eigenvalue weighted by Gasteiger charge is 2.31. The second kappa shape index (κ2) is 6.30. The Kier molecular flexibility index (Phi) is 4.67. The van der Waals surface area contributed by atoms with Gasteiger partial charge in [0.15, 0.2) is 5.82 Å². The molecule has 0 amide bonds. The molecule has 2 aromatic rings. The average Bonchev–Trinajstić information content (AvgIpc) is 2.36. The van der Waals surface area contributed by atoms with Gasteiger partial charge in [0.25, 0.3) is 0 Å². The zero-order chi connectivity index (χ0) is 15.5. The van der Waals surface area contributed by atoms with Gasteiger partial charge in [-0.2, -0.15) is 0 Å². The number of aryl methyl sites for hydroxylation is 1. The molecule has 0 spiro atoms. The molecule has 112 valence electrons. The standard InChI is InChI=1S/C14H12ClF3N2O/c1-2-4-10-8-12(15)20-13(19-10)9-5-3-6-11(7-9)21-14(16,17)18/h3,5-8H,2,4H2,1H3. The smallest absolute Gasteiger partial charge is 0.406 e. The van der Waals surface area contributed by atoms with Gasteiger partial charge in [0.2, 0.25) is 0 Å². The summed E-state index contributed by atoms with van der Waals surface area (Å²) in [5, 5.41) is 0.255. The maximum atomic E-state index is 12.2. The topological polar surface area (TPSA) is 35.0 Å². The number of alkyl halides is 3. The van der Waals surface area contributed by atoms with Crippen LogP contribution in [0.3, 0.4) is 0 Å². The molecule has 0 fully saturated rings. The van der Waals surface area contributed by atoms with Crippen molar-refractivity contribution in [3.05, 3.63) is 41.2 Å². The number of hydrogen-bond acceptors (Lipinski definition) is 3. The van der Waals surface area contributed by atoms with E-state index in [1.165, 1.54) is 18.2 Å². The molecule has 7 heteroatoms. The van der Waals surface area contributed by atoms with Crippen molar-refractivity contribution in [2.75, 3.05) is 0 Å². The molecule has 1 aromatic carbocycles. The fourth-order valence-electron chi connectivity index (χ4n) is 1.81. The van der Waals surface area contributed by atoms with Crippen LogP contribution in [0.15, 0.2) is 30.3 Å². The summed E-state index contributed by atoms with van der Waals surface area (Å²) >= 11 is 5.92. The summed E-state index contributed by atoms with van der Waals surface area (Å²) in [5.41, 5.74) is 1.16. The molecule has 0 bridgehead atoms. The molecular weight excluding hydrogens is 305 g/mol. The van der Waals surface area contributed by atoms with Crippen LogP contribution in [0.1, 0.15) is 19.0 Å². The SMILES string of the molecule is CCCc1cc(Cl)nc(-c2cccc(OC(F)(F)F)c2)n1. The minimum absolute atomic E-state index is 0.255. The predicted molar refractivity (Wildman–Crippen MR) is 73.2 cm³/mol. The van der Waals surface area contributed by atoms with Crippen LogP contribution in [-0.4, -0.2) is 16.3 Å². The molecule has 1 aromatic heterocycles. The molecule has 0 atom stereocenters. The first-order chi connectivity index (χ1) is 9.87. The summed E-state index contributed by atoms with van der Waals surface area (Å²) in [6.07, 6.45) is -3.14. The molecule has 0 N–H and O–H groups in total. The number of aromatic nitrogens is 2. The molecule has 0 saturated heterocycles. The molecule has 1 heterocycles. The van der Waals surface area contributed by atoms with E-state index in [9.17, 15) is 13.2 Å². The van der Waals surface area contributed by atoms with Crippen molar-refractivity contribution in [3.8, 4) is 17.1 Å². The van der Waals surface area contributed by atoms with Crippen molar-refractivity contribution >= 4 is 11.6 Å².